The maximum absolute atomic E-state index is 2.48. The zero-order valence-electron chi connectivity index (χ0n) is 13.1. The van der Waals surface area contributed by atoms with Crippen LogP contribution in [0.3, 0.4) is 0 Å². The maximum Gasteiger partial charge on any atom is -0.0389 e. The number of hydrogen-bond acceptors (Lipinski definition) is 0. The van der Waals surface area contributed by atoms with E-state index in [4.69, 9.17) is 0 Å². The molecule has 0 nitrogen and oxygen atoms in total. The lowest BCUT2D eigenvalue weighted by Crippen LogP contribution is -2.14. The number of unbranched alkanes of at least 4 members (excludes halogenated alkanes) is 4. The Kier molecular flexibility index (Phi) is 11.1. The van der Waals surface area contributed by atoms with E-state index in [1.807, 2.05) is 0 Å². The minimum Gasteiger partial charge on any atom is -0.0654 e. The summed E-state index contributed by atoms with van der Waals surface area (Å²) in [4.78, 5) is 0. The minimum atomic E-state index is 0.919. The smallest absolute Gasteiger partial charge is 0.0389 e. The van der Waals surface area contributed by atoms with Gasteiger partial charge in [0.1, 0.15) is 0 Å². The molecule has 104 valence electrons. The highest BCUT2D eigenvalue weighted by atomic mass is 14.2. The van der Waals surface area contributed by atoms with E-state index in [0.717, 1.165) is 17.8 Å². The summed E-state index contributed by atoms with van der Waals surface area (Å²) < 4.78 is 0. The van der Waals surface area contributed by atoms with Crippen molar-refractivity contribution in [3.63, 3.8) is 0 Å². The van der Waals surface area contributed by atoms with Gasteiger partial charge in [-0.25, -0.2) is 0 Å². The van der Waals surface area contributed by atoms with Crippen LogP contribution in [0.5, 0.6) is 0 Å². The molecule has 0 spiro atoms. The van der Waals surface area contributed by atoms with Crippen LogP contribution in [0, 0.1) is 17.8 Å². The molecule has 0 rings (SSSR count). The summed E-state index contributed by atoms with van der Waals surface area (Å²) in [5, 5.41) is 0. The van der Waals surface area contributed by atoms with E-state index in [-0.39, 0.29) is 0 Å². The molecule has 0 aliphatic carbocycles. The van der Waals surface area contributed by atoms with E-state index in [0.29, 0.717) is 0 Å². The molecule has 0 heteroatoms. The lowest BCUT2D eigenvalue weighted by molar-refractivity contribution is 0.261. The van der Waals surface area contributed by atoms with Crippen LogP contribution < -0.4 is 0 Å². The second-order valence-electron chi connectivity index (χ2n) is 6.10. The second kappa shape index (κ2) is 11.1. The van der Waals surface area contributed by atoms with E-state index in [2.05, 4.69) is 34.6 Å². The van der Waals surface area contributed by atoms with Gasteiger partial charge in [-0.1, -0.05) is 86.0 Å². The monoisotopic (exact) mass is 240 g/mol. The zero-order valence-corrected chi connectivity index (χ0v) is 13.1. The highest BCUT2D eigenvalue weighted by Gasteiger charge is 2.17. The molecule has 0 saturated carbocycles. The third-order valence-electron chi connectivity index (χ3n) is 4.49. The van der Waals surface area contributed by atoms with Gasteiger partial charge in [0, 0.05) is 0 Å². The van der Waals surface area contributed by atoms with Gasteiger partial charge in [0.2, 0.25) is 0 Å². The Morgan fingerprint density at radius 1 is 0.765 bits per heavy atom. The zero-order chi connectivity index (χ0) is 13.1. The van der Waals surface area contributed by atoms with Gasteiger partial charge >= 0.3 is 0 Å². The molecule has 0 fully saturated rings. The van der Waals surface area contributed by atoms with Crippen LogP contribution in [0.25, 0.3) is 0 Å². The average molecular weight is 240 g/mol. The van der Waals surface area contributed by atoms with Gasteiger partial charge in [-0.3, -0.25) is 0 Å². The van der Waals surface area contributed by atoms with Gasteiger partial charge in [0.15, 0.2) is 0 Å². The van der Waals surface area contributed by atoms with Crippen LogP contribution in [0.2, 0.25) is 0 Å². The van der Waals surface area contributed by atoms with Crippen molar-refractivity contribution in [1.29, 1.82) is 0 Å². The van der Waals surface area contributed by atoms with Crippen molar-refractivity contribution in [1.82, 2.24) is 0 Å². The molecule has 0 bridgehead atoms. The van der Waals surface area contributed by atoms with E-state index < -0.39 is 0 Å². The van der Waals surface area contributed by atoms with Crippen LogP contribution in [-0.4, -0.2) is 0 Å². The summed E-state index contributed by atoms with van der Waals surface area (Å²) in [6.45, 7) is 11.9. The lowest BCUT2D eigenvalue weighted by atomic mass is 9.81. The van der Waals surface area contributed by atoms with Crippen LogP contribution >= 0.6 is 0 Å². The summed E-state index contributed by atoms with van der Waals surface area (Å²) in [6.07, 6.45) is 12.8. The highest BCUT2D eigenvalue weighted by Crippen LogP contribution is 2.28. The van der Waals surface area contributed by atoms with Crippen molar-refractivity contribution in [2.45, 2.75) is 92.4 Å². The number of rotatable bonds is 11. The third-order valence-corrected chi connectivity index (χ3v) is 4.49. The second-order valence-corrected chi connectivity index (χ2v) is 6.10. The van der Waals surface area contributed by atoms with Gasteiger partial charge in [0.05, 0.1) is 0 Å². The third kappa shape index (κ3) is 8.69. The molecule has 0 aromatic heterocycles. The Balaban J connectivity index is 3.71. The fourth-order valence-corrected chi connectivity index (χ4v) is 2.79. The first-order chi connectivity index (χ1) is 8.15. The maximum atomic E-state index is 2.48. The van der Waals surface area contributed by atoms with Gasteiger partial charge in [-0.15, -0.1) is 0 Å². The largest absolute Gasteiger partial charge is 0.0654 e. The predicted octanol–water partition coefficient (Wildman–Crippen LogP) is 6.45. The highest BCUT2D eigenvalue weighted by molar-refractivity contribution is 4.68. The first-order valence-electron chi connectivity index (χ1n) is 8.15. The van der Waals surface area contributed by atoms with Crippen LogP contribution in [0.15, 0.2) is 0 Å². The Hall–Kier alpha value is 0. The molecule has 0 radical (unpaired) electrons. The van der Waals surface area contributed by atoms with Crippen molar-refractivity contribution in [2.24, 2.45) is 17.8 Å². The van der Waals surface area contributed by atoms with E-state index in [1.165, 1.54) is 57.8 Å². The van der Waals surface area contributed by atoms with Crippen molar-refractivity contribution >= 4 is 0 Å². The molecule has 0 heterocycles. The van der Waals surface area contributed by atoms with Gasteiger partial charge in [-0.05, 0) is 24.2 Å². The van der Waals surface area contributed by atoms with E-state index in [9.17, 15) is 0 Å². The summed E-state index contributed by atoms with van der Waals surface area (Å²) >= 11 is 0. The Bertz CT molecular complexity index is 150. The summed E-state index contributed by atoms with van der Waals surface area (Å²) in [5.41, 5.74) is 0. The SMILES string of the molecule is CCCCCCCC(C)C(CC)CC(C)CC. The molecule has 0 amide bonds. The summed E-state index contributed by atoms with van der Waals surface area (Å²) in [5.74, 6) is 2.83. The first kappa shape index (κ1) is 17.0. The molecule has 0 N–H and O–H groups in total. The Morgan fingerprint density at radius 2 is 1.41 bits per heavy atom. The molecular weight excluding hydrogens is 204 g/mol. The fraction of sp³-hybridized carbons (Fsp3) is 1.00. The molecule has 0 aliphatic rings. The molecule has 3 unspecified atom stereocenters. The van der Waals surface area contributed by atoms with Gasteiger partial charge in [-0.2, -0.15) is 0 Å². The molecule has 0 aromatic carbocycles. The Morgan fingerprint density at radius 3 is 1.94 bits per heavy atom. The van der Waals surface area contributed by atoms with Crippen molar-refractivity contribution in [2.75, 3.05) is 0 Å². The van der Waals surface area contributed by atoms with Crippen molar-refractivity contribution < 1.29 is 0 Å². The molecule has 0 aromatic rings. The summed E-state index contributed by atoms with van der Waals surface area (Å²) in [7, 11) is 0. The first-order valence-corrected chi connectivity index (χ1v) is 8.15. The molecule has 0 saturated heterocycles. The van der Waals surface area contributed by atoms with Gasteiger partial charge in [0.25, 0.3) is 0 Å². The Labute approximate surface area is 111 Å². The fourth-order valence-electron chi connectivity index (χ4n) is 2.79. The normalized spacial score (nSPS) is 16.8. The molecule has 3 atom stereocenters. The van der Waals surface area contributed by atoms with Crippen molar-refractivity contribution in [3.05, 3.63) is 0 Å². The van der Waals surface area contributed by atoms with E-state index >= 15 is 0 Å². The van der Waals surface area contributed by atoms with Crippen LogP contribution in [0.1, 0.15) is 92.4 Å². The van der Waals surface area contributed by atoms with Crippen LogP contribution in [-0.2, 0) is 0 Å². The standard InChI is InChI=1S/C17H36/c1-6-9-10-11-12-13-16(5)17(8-3)14-15(4)7-2/h15-17H,6-14H2,1-5H3. The summed E-state index contributed by atoms with van der Waals surface area (Å²) in [6, 6.07) is 0. The van der Waals surface area contributed by atoms with Crippen LogP contribution in [0.4, 0.5) is 0 Å². The quantitative estimate of drug-likeness (QED) is 0.364. The van der Waals surface area contributed by atoms with E-state index in [1.54, 1.807) is 0 Å². The topological polar surface area (TPSA) is 0 Å². The molecular formula is C17H36. The number of hydrogen-bond donors (Lipinski definition) is 0. The molecule has 0 aliphatic heterocycles. The van der Waals surface area contributed by atoms with Crippen molar-refractivity contribution in [3.8, 4) is 0 Å². The van der Waals surface area contributed by atoms with Gasteiger partial charge < -0.3 is 0 Å². The predicted molar refractivity (Wildman–Crippen MR) is 80.4 cm³/mol. The minimum absolute atomic E-state index is 0.919. The average Bonchev–Trinajstić information content (AvgIpc) is 2.34. The molecule has 17 heavy (non-hydrogen) atoms. The lowest BCUT2D eigenvalue weighted by Gasteiger charge is -2.25.